The molecule has 0 spiro atoms. The molecule has 3 aromatic rings. The third-order valence-corrected chi connectivity index (χ3v) is 7.52. The number of hydrogen-bond donors (Lipinski definition) is 2. The molecule has 208 valence electrons. The van der Waals surface area contributed by atoms with Gasteiger partial charge in [-0.15, -0.1) is 0 Å². The predicted molar refractivity (Wildman–Crippen MR) is 148 cm³/mol. The quantitative estimate of drug-likeness (QED) is 0.416. The molecule has 1 aliphatic rings. The van der Waals surface area contributed by atoms with Crippen molar-refractivity contribution in [3.63, 3.8) is 0 Å². The van der Waals surface area contributed by atoms with Crippen LogP contribution in [0.3, 0.4) is 0 Å². The van der Waals surface area contributed by atoms with Crippen molar-refractivity contribution in [1.82, 2.24) is 14.7 Å². The van der Waals surface area contributed by atoms with E-state index >= 15 is 0 Å². The van der Waals surface area contributed by atoms with Gasteiger partial charge in [0, 0.05) is 24.7 Å². The van der Waals surface area contributed by atoms with E-state index in [0.29, 0.717) is 54.4 Å². The molecule has 0 saturated carbocycles. The van der Waals surface area contributed by atoms with Gasteiger partial charge in [0.1, 0.15) is 23.2 Å². The lowest BCUT2D eigenvalue weighted by Crippen LogP contribution is -2.41. The number of aromatic nitrogens is 2. The maximum absolute atomic E-state index is 14.5. The number of nitrogens with zero attached hydrogens (tertiary/aromatic N) is 3. The summed E-state index contributed by atoms with van der Waals surface area (Å²) < 4.78 is 48.1. The molecule has 2 unspecified atom stereocenters. The van der Waals surface area contributed by atoms with E-state index in [1.54, 1.807) is 12.1 Å². The zero-order valence-electron chi connectivity index (χ0n) is 22.5. The van der Waals surface area contributed by atoms with Crippen LogP contribution >= 0.6 is 0 Å². The number of nitrogens with two attached hydrogens (primary N) is 1. The normalized spacial score (nSPS) is 17.7. The minimum atomic E-state index is -4.29. The first kappa shape index (κ1) is 28.3. The van der Waals surface area contributed by atoms with E-state index in [1.807, 2.05) is 18.7 Å². The second kappa shape index (κ2) is 11.6. The maximum atomic E-state index is 14.5. The number of piperidine rings is 1. The van der Waals surface area contributed by atoms with E-state index < -0.39 is 21.7 Å². The van der Waals surface area contributed by atoms with Crippen LogP contribution in [0.4, 0.5) is 16.0 Å². The number of benzene rings is 1. The van der Waals surface area contributed by atoms with Crippen molar-refractivity contribution in [3.8, 4) is 17.0 Å². The van der Waals surface area contributed by atoms with E-state index in [4.69, 9.17) is 15.5 Å². The fourth-order valence-corrected chi connectivity index (χ4v) is 5.67. The molecule has 4 rings (SSSR count). The number of ether oxygens (including phenoxy) is 1. The number of carbonyl (C=O) groups excluding carboxylic acids is 1. The Morgan fingerprint density at radius 1 is 1.13 bits per heavy atom. The van der Waals surface area contributed by atoms with Gasteiger partial charge in [-0.3, -0.25) is 4.79 Å². The van der Waals surface area contributed by atoms with Crippen molar-refractivity contribution >= 4 is 27.6 Å². The minimum Gasteiger partial charge on any atom is -0.493 e. The van der Waals surface area contributed by atoms with Gasteiger partial charge >= 0.3 is 0 Å². The van der Waals surface area contributed by atoms with E-state index in [2.05, 4.69) is 23.6 Å². The second-order valence-corrected chi connectivity index (χ2v) is 12.3. The topological polar surface area (TPSA) is 128 Å². The Kier molecular flexibility index (Phi) is 8.39. The Bertz CT molecular complexity index is 1450. The van der Waals surface area contributed by atoms with Gasteiger partial charge in [-0.1, -0.05) is 33.8 Å². The average molecular weight is 556 g/mol. The van der Waals surface area contributed by atoms with Gasteiger partial charge in [-0.25, -0.2) is 19.1 Å². The summed E-state index contributed by atoms with van der Waals surface area (Å²) in [6.45, 7) is 9.94. The molecule has 1 aliphatic heterocycles. The van der Waals surface area contributed by atoms with E-state index in [0.717, 1.165) is 6.42 Å². The molecule has 3 heterocycles. The van der Waals surface area contributed by atoms with Crippen LogP contribution in [0, 0.1) is 23.6 Å². The zero-order valence-corrected chi connectivity index (χ0v) is 23.3. The summed E-state index contributed by atoms with van der Waals surface area (Å²) in [6.07, 6.45) is 1.02. The summed E-state index contributed by atoms with van der Waals surface area (Å²) >= 11 is 0. The lowest BCUT2D eigenvalue weighted by atomic mass is 9.91. The number of nitrogen functional groups attached to an aromatic ring is 1. The molecule has 1 amide bonds. The first-order chi connectivity index (χ1) is 18.4. The summed E-state index contributed by atoms with van der Waals surface area (Å²) in [6, 6.07) is 11.6. The van der Waals surface area contributed by atoms with Crippen LogP contribution in [0.25, 0.3) is 11.3 Å². The second-order valence-electron chi connectivity index (χ2n) is 10.6. The van der Waals surface area contributed by atoms with Crippen LogP contribution in [-0.4, -0.2) is 44.0 Å². The molecule has 1 fully saturated rings. The highest BCUT2D eigenvalue weighted by molar-refractivity contribution is 7.90. The SMILES string of the molecule is CC(C)COc1cc(F)cc(-c2ccc(C(=O)NS(=O)(=O)c3cccc(N)n3)c(N3CC(C)CC(C)C3)n2)c1. The van der Waals surface area contributed by atoms with Gasteiger partial charge in [-0.2, -0.15) is 8.42 Å². The smallest absolute Gasteiger partial charge is 0.281 e. The van der Waals surface area contributed by atoms with Crippen LogP contribution < -0.4 is 20.1 Å². The zero-order chi connectivity index (χ0) is 28.3. The molecule has 9 nitrogen and oxygen atoms in total. The molecular weight excluding hydrogens is 521 g/mol. The highest BCUT2D eigenvalue weighted by Gasteiger charge is 2.29. The molecule has 0 bridgehead atoms. The number of amides is 1. The Labute approximate surface area is 228 Å². The fraction of sp³-hybridized carbons (Fsp3) is 0.393. The Morgan fingerprint density at radius 3 is 2.51 bits per heavy atom. The molecule has 39 heavy (non-hydrogen) atoms. The predicted octanol–water partition coefficient (Wildman–Crippen LogP) is 4.50. The summed E-state index contributed by atoms with van der Waals surface area (Å²) in [5.74, 6) is 0.331. The Balaban J connectivity index is 1.73. The van der Waals surface area contributed by atoms with E-state index in [1.165, 1.54) is 36.4 Å². The van der Waals surface area contributed by atoms with Gasteiger partial charge < -0.3 is 15.4 Å². The molecule has 1 saturated heterocycles. The first-order valence-corrected chi connectivity index (χ1v) is 14.4. The Morgan fingerprint density at radius 2 is 1.85 bits per heavy atom. The number of nitrogens with one attached hydrogen (secondary N) is 1. The monoisotopic (exact) mass is 555 g/mol. The number of rotatable bonds is 8. The third-order valence-electron chi connectivity index (χ3n) is 6.29. The van der Waals surface area contributed by atoms with Crippen LogP contribution in [0.2, 0.25) is 0 Å². The number of pyridine rings is 2. The van der Waals surface area contributed by atoms with Crippen molar-refractivity contribution in [3.05, 3.63) is 59.9 Å². The van der Waals surface area contributed by atoms with Gasteiger partial charge in [0.2, 0.25) is 0 Å². The molecule has 0 radical (unpaired) electrons. The summed E-state index contributed by atoms with van der Waals surface area (Å²) in [7, 11) is -4.29. The lowest BCUT2D eigenvalue weighted by molar-refractivity contribution is 0.0981. The molecule has 1 aromatic carbocycles. The fourth-order valence-electron chi connectivity index (χ4n) is 4.73. The van der Waals surface area contributed by atoms with Crippen molar-refractivity contribution in [2.75, 3.05) is 30.3 Å². The number of carbonyl (C=O) groups is 1. The van der Waals surface area contributed by atoms with Crippen LogP contribution in [0.5, 0.6) is 5.75 Å². The lowest BCUT2D eigenvalue weighted by Gasteiger charge is -2.36. The van der Waals surface area contributed by atoms with Crippen LogP contribution in [0.1, 0.15) is 44.5 Å². The van der Waals surface area contributed by atoms with Gasteiger partial charge in [-0.05, 0) is 60.6 Å². The average Bonchev–Trinajstić information content (AvgIpc) is 2.86. The van der Waals surface area contributed by atoms with E-state index in [-0.39, 0.29) is 22.3 Å². The Hall–Kier alpha value is -3.73. The highest BCUT2D eigenvalue weighted by Crippen LogP contribution is 2.32. The molecule has 2 aromatic heterocycles. The largest absolute Gasteiger partial charge is 0.493 e. The minimum absolute atomic E-state index is 0.0140. The number of halogens is 1. The molecule has 2 atom stereocenters. The maximum Gasteiger partial charge on any atom is 0.281 e. The van der Waals surface area contributed by atoms with Crippen molar-refractivity contribution < 1.29 is 22.3 Å². The summed E-state index contributed by atoms with van der Waals surface area (Å²) in [5.41, 5.74) is 6.63. The van der Waals surface area contributed by atoms with Gasteiger partial charge in [0.15, 0.2) is 5.03 Å². The van der Waals surface area contributed by atoms with E-state index in [9.17, 15) is 17.6 Å². The number of anilines is 2. The standard InChI is InChI=1S/C28H34FN5O4S/c1-17(2)16-38-22-12-20(11-21(29)13-22)24-9-8-23(27(31-24)34-14-18(3)10-19(4)15-34)28(35)33-39(36,37)26-7-5-6-25(30)32-26/h5-9,11-13,17-19H,10,14-16H2,1-4H3,(H2,30,32)(H,33,35). The molecule has 3 N–H and O–H groups in total. The number of sulfonamides is 1. The molecular formula is C28H34FN5O4S. The van der Waals surface area contributed by atoms with Crippen LogP contribution in [0.15, 0.2) is 53.6 Å². The van der Waals surface area contributed by atoms with Gasteiger partial charge in [0.25, 0.3) is 15.9 Å². The third kappa shape index (κ3) is 7.03. The number of hydrogen-bond acceptors (Lipinski definition) is 8. The molecule has 0 aliphatic carbocycles. The summed E-state index contributed by atoms with van der Waals surface area (Å²) in [4.78, 5) is 23.9. The van der Waals surface area contributed by atoms with Crippen molar-refractivity contribution in [2.24, 2.45) is 17.8 Å². The van der Waals surface area contributed by atoms with Gasteiger partial charge in [0.05, 0.1) is 17.9 Å². The van der Waals surface area contributed by atoms with Crippen LogP contribution in [-0.2, 0) is 10.0 Å². The molecule has 11 heteroatoms. The van der Waals surface area contributed by atoms with Crippen molar-refractivity contribution in [2.45, 2.75) is 39.1 Å². The van der Waals surface area contributed by atoms with Crippen molar-refractivity contribution in [1.29, 1.82) is 0 Å². The first-order valence-electron chi connectivity index (χ1n) is 12.9. The highest BCUT2D eigenvalue weighted by atomic mass is 32.2. The summed E-state index contributed by atoms with van der Waals surface area (Å²) in [5, 5.41) is -0.365.